The molecule has 0 spiro atoms. The Labute approximate surface area is 88.0 Å². The lowest BCUT2D eigenvalue weighted by molar-refractivity contribution is 0.418. The summed E-state index contributed by atoms with van der Waals surface area (Å²) >= 11 is 7.01. The van der Waals surface area contributed by atoms with Gasteiger partial charge in [-0.05, 0) is 5.41 Å². The summed E-state index contributed by atoms with van der Waals surface area (Å²) in [5.74, 6) is 0.779. The van der Waals surface area contributed by atoms with Gasteiger partial charge in [0.2, 0.25) is 0 Å². The SMILES string of the molecule is CN(CC(C)(C)C)c1nsnc1Cl. The molecule has 13 heavy (non-hydrogen) atoms. The van der Waals surface area contributed by atoms with Crippen molar-refractivity contribution in [2.75, 3.05) is 18.5 Å². The molecule has 0 saturated carbocycles. The summed E-state index contributed by atoms with van der Waals surface area (Å²) in [4.78, 5) is 2.03. The Morgan fingerprint density at radius 1 is 1.38 bits per heavy atom. The normalized spacial score (nSPS) is 11.8. The van der Waals surface area contributed by atoms with Crippen molar-refractivity contribution in [2.45, 2.75) is 20.8 Å². The Bertz CT molecular complexity index is 279. The Hall–Kier alpha value is -0.350. The second kappa shape index (κ2) is 3.80. The number of nitrogens with zero attached hydrogens (tertiary/aromatic N) is 3. The zero-order chi connectivity index (χ0) is 10.1. The minimum absolute atomic E-state index is 0.238. The van der Waals surface area contributed by atoms with Crippen LogP contribution in [-0.2, 0) is 0 Å². The first-order valence-electron chi connectivity index (χ1n) is 4.09. The smallest absolute Gasteiger partial charge is 0.187 e. The lowest BCUT2D eigenvalue weighted by Gasteiger charge is -2.26. The van der Waals surface area contributed by atoms with Gasteiger partial charge in [0.05, 0.1) is 11.7 Å². The van der Waals surface area contributed by atoms with Crippen LogP contribution in [-0.4, -0.2) is 22.3 Å². The molecule has 0 amide bonds. The van der Waals surface area contributed by atoms with Gasteiger partial charge in [-0.15, -0.1) is 0 Å². The monoisotopic (exact) mass is 219 g/mol. The number of hydrogen-bond acceptors (Lipinski definition) is 4. The molecule has 0 unspecified atom stereocenters. The lowest BCUT2D eigenvalue weighted by atomic mass is 9.96. The first-order valence-corrected chi connectivity index (χ1v) is 5.20. The zero-order valence-electron chi connectivity index (χ0n) is 8.33. The molecule has 0 radical (unpaired) electrons. The maximum absolute atomic E-state index is 5.86. The van der Waals surface area contributed by atoms with Crippen LogP contribution >= 0.6 is 23.3 Å². The predicted molar refractivity (Wildman–Crippen MR) is 57.6 cm³/mol. The van der Waals surface area contributed by atoms with E-state index in [4.69, 9.17) is 11.6 Å². The molecule has 0 atom stereocenters. The summed E-state index contributed by atoms with van der Waals surface area (Å²) in [5, 5.41) is 0.497. The fourth-order valence-corrected chi connectivity index (χ4v) is 2.01. The number of hydrogen-bond donors (Lipinski definition) is 0. The number of halogens is 1. The molecule has 74 valence electrons. The highest BCUT2D eigenvalue weighted by molar-refractivity contribution is 6.99. The van der Waals surface area contributed by atoms with Gasteiger partial charge < -0.3 is 4.90 Å². The molecule has 0 aromatic carbocycles. The largest absolute Gasteiger partial charge is 0.356 e. The number of anilines is 1. The van der Waals surface area contributed by atoms with Crippen molar-refractivity contribution in [1.29, 1.82) is 0 Å². The molecule has 1 rings (SSSR count). The summed E-state index contributed by atoms with van der Waals surface area (Å²) in [6, 6.07) is 0. The van der Waals surface area contributed by atoms with Crippen LogP contribution in [0.3, 0.4) is 0 Å². The van der Waals surface area contributed by atoms with Gasteiger partial charge in [-0.2, -0.15) is 8.75 Å². The van der Waals surface area contributed by atoms with E-state index in [0.717, 1.165) is 24.1 Å². The Morgan fingerprint density at radius 2 is 2.00 bits per heavy atom. The van der Waals surface area contributed by atoms with Crippen molar-refractivity contribution in [3.05, 3.63) is 5.15 Å². The van der Waals surface area contributed by atoms with E-state index in [1.165, 1.54) is 0 Å². The molecule has 1 aromatic heterocycles. The highest BCUT2D eigenvalue weighted by Gasteiger charge is 2.17. The molecule has 0 saturated heterocycles. The third-order valence-corrected chi connectivity index (χ3v) is 2.38. The average molecular weight is 220 g/mol. The van der Waals surface area contributed by atoms with E-state index in [1.54, 1.807) is 0 Å². The molecule has 0 aliphatic rings. The van der Waals surface area contributed by atoms with Crippen molar-refractivity contribution >= 4 is 29.1 Å². The standard InChI is InChI=1S/C8H14ClN3S/c1-8(2,3)5-12(4)7-6(9)10-13-11-7/h5H2,1-4H3. The van der Waals surface area contributed by atoms with Crippen LogP contribution in [0.1, 0.15) is 20.8 Å². The molecule has 0 fully saturated rings. The second-order valence-electron chi connectivity index (χ2n) is 4.30. The minimum atomic E-state index is 0.238. The van der Waals surface area contributed by atoms with E-state index in [0.29, 0.717) is 5.15 Å². The van der Waals surface area contributed by atoms with Crippen LogP contribution in [0.5, 0.6) is 0 Å². The van der Waals surface area contributed by atoms with Crippen LogP contribution in [0, 0.1) is 5.41 Å². The van der Waals surface area contributed by atoms with Gasteiger partial charge in [0.1, 0.15) is 0 Å². The molecule has 5 heteroatoms. The van der Waals surface area contributed by atoms with Gasteiger partial charge in [-0.1, -0.05) is 32.4 Å². The van der Waals surface area contributed by atoms with Crippen LogP contribution in [0.2, 0.25) is 5.15 Å². The first kappa shape index (κ1) is 10.7. The van der Waals surface area contributed by atoms with Crippen molar-refractivity contribution < 1.29 is 0 Å². The molecule has 3 nitrogen and oxygen atoms in total. The maximum atomic E-state index is 5.86. The van der Waals surface area contributed by atoms with Crippen LogP contribution in [0.15, 0.2) is 0 Å². The van der Waals surface area contributed by atoms with Crippen molar-refractivity contribution in [1.82, 2.24) is 8.75 Å². The molecular formula is C8H14ClN3S. The van der Waals surface area contributed by atoms with E-state index in [2.05, 4.69) is 29.5 Å². The summed E-state index contributed by atoms with van der Waals surface area (Å²) in [5.41, 5.74) is 0.238. The first-order chi connectivity index (χ1) is 5.90. The summed E-state index contributed by atoms with van der Waals surface area (Å²) in [6.07, 6.45) is 0. The van der Waals surface area contributed by atoms with Crippen molar-refractivity contribution in [2.24, 2.45) is 5.41 Å². The van der Waals surface area contributed by atoms with E-state index in [-0.39, 0.29) is 5.41 Å². The lowest BCUT2D eigenvalue weighted by Crippen LogP contribution is -2.29. The van der Waals surface area contributed by atoms with Crippen LogP contribution < -0.4 is 4.90 Å². The minimum Gasteiger partial charge on any atom is -0.356 e. The second-order valence-corrected chi connectivity index (χ2v) is 5.18. The molecule has 0 aliphatic carbocycles. The van der Waals surface area contributed by atoms with Crippen molar-refractivity contribution in [3.63, 3.8) is 0 Å². The predicted octanol–water partition coefficient (Wildman–Crippen LogP) is 2.67. The highest BCUT2D eigenvalue weighted by atomic mass is 35.5. The molecule has 0 bridgehead atoms. The van der Waals surface area contributed by atoms with E-state index in [9.17, 15) is 0 Å². The molecular weight excluding hydrogens is 206 g/mol. The van der Waals surface area contributed by atoms with Gasteiger partial charge in [-0.3, -0.25) is 0 Å². The van der Waals surface area contributed by atoms with Gasteiger partial charge in [0.15, 0.2) is 11.0 Å². The fourth-order valence-electron chi connectivity index (χ4n) is 1.19. The quantitative estimate of drug-likeness (QED) is 0.766. The molecule has 1 heterocycles. The van der Waals surface area contributed by atoms with Gasteiger partial charge in [0.25, 0.3) is 0 Å². The third-order valence-electron chi connectivity index (χ3n) is 1.51. The third kappa shape index (κ3) is 3.12. The summed E-state index contributed by atoms with van der Waals surface area (Å²) in [7, 11) is 1.98. The average Bonchev–Trinajstić information content (AvgIpc) is 2.30. The Morgan fingerprint density at radius 3 is 2.38 bits per heavy atom. The zero-order valence-corrected chi connectivity index (χ0v) is 9.91. The topological polar surface area (TPSA) is 29.0 Å². The Balaban J connectivity index is 2.69. The van der Waals surface area contributed by atoms with E-state index in [1.807, 2.05) is 11.9 Å². The fraction of sp³-hybridized carbons (Fsp3) is 0.750. The Kier molecular flexibility index (Phi) is 3.14. The summed E-state index contributed by atoms with van der Waals surface area (Å²) < 4.78 is 8.05. The van der Waals surface area contributed by atoms with Gasteiger partial charge in [0, 0.05) is 13.6 Å². The van der Waals surface area contributed by atoms with Crippen LogP contribution in [0.25, 0.3) is 0 Å². The van der Waals surface area contributed by atoms with Crippen LogP contribution in [0.4, 0.5) is 5.82 Å². The summed E-state index contributed by atoms with van der Waals surface area (Å²) in [6.45, 7) is 7.45. The number of aromatic nitrogens is 2. The van der Waals surface area contributed by atoms with Gasteiger partial charge >= 0.3 is 0 Å². The number of rotatable bonds is 2. The van der Waals surface area contributed by atoms with E-state index < -0.39 is 0 Å². The van der Waals surface area contributed by atoms with E-state index >= 15 is 0 Å². The molecule has 0 aliphatic heterocycles. The molecule has 1 aromatic rings. The van der Waals surface area contributed by atoms with Gasteiger partial charge in [-0.25, -0.2) is 0 Å². The highest BCUT2D eigenvalue weighted by Crippen LogP contribution is 2.24. The maximum Gasteiger partial charge on any atom is 0.187 e. The molecule has 0 N–H and O–H groups in total. The van der Waals surface area contributed by atoms with Crippen molar-refractivity contribution in [3.8, 4) is 0 Å².